The van der Waals surface area contributed by atoms with Crippen LogP contribution >= 0.6 is 0 Å². The van der Waals surface area contributed by atoms with E-state index in [1.165, 1.54) is 10.9 Å². The maximum atomic E-state index is 12.5. The number of nitrogens with zero attached hydrogens (tertiary/aromatic N) is 2. The van der Waals surface area contributed by atoms with Crippen molar-refractivity contribution in [3.63, 3.8) is 0 Å². The van der Waals surface area contributed by atoms with Gasteiger partial charge in [0.2, 0.25) is 5.91 Å². The number of anilines is 1. The number of pyridine rings is 1. The molecule has 0 spiro atoms. The van der Waals surface area contributed by atoms with E-state index in [1.54, 1.807) is 13.1 Å². The molecule has 9 heteroatoms. The number of amides is 1. The van der Waals surface area contributed by atoms with Crippen molar-refractivity contribution in [1.82, 2.24) is 14.8 Å². The smallest absolute Gasteiger partial charge is 0.327 e. The molecule has 112 valence electrons. The van der Waals surface area contributed by atoms with Crippen LogP contribution in [0.15, 0.2) is 29.5 Å². The Hall–Kier alpha value is -2.58. The highest BCUT2D eigenvalue weighted by Crippen LogP contribution is 2.29. The summed E-state index contributed by atoms with van der Waals surface area (Å²) in [4.78, 5) is 25.1. The molecule has 0 aliphatic rings. The lowest BCUT2D eigenvalue weighted by Crippen LogP contribution is -2.24. The number of hydrogen-bond acceptors (Lipinski definition) is 3. The Morgan fingerprint density at radius 3 is 2.76 bits per heavy atom. The molecule has 0 radical (unpaired) electrons. The van der Waals surface area contributed by atoms with Crippen LogP contribution in [0, 0.1) is 6.92 Å². The second-order valence-corrected chi connectivity index (χ2v) is 4.39. The molecule has 2 N–H and O–H groups in total. The summed E-state index contributed by atoms with van der Waals surface area (Å²) in [5.41, 5.74) is -1.49. The quantitative estimate of drug-likeness (QED) is 0.902. The zero-order valence-electron chi connectivity index (χ0n) is 10.9. The highest BCUT2D eigenvalue weighted by molar-refractivity contribution is 5.90. The van der Waals surface area contributed by atoms with E-state index in [4.69, 9.17) is 0 Å². The number of alkyl halides is 3. The molecular formula is C12H11F3N4O2. The summed E-state index contributed by atoms with van der Waals surface area (Å²) < 4.78 is 38.9. The number of aromatic amines is 1. The fourth-order valence-electron chi connectivity index (χ4n) is 1.63. The standard InChI is InChI=1S/C12H11F3N4O2/c1-7-3-17-19(5-7)6-10(20)18-9-2-8(12(13,14)15)4-16-11(9)21/h2-5H,6H2,1H3,(H,16,21)(H,18,20). The average molecular weight is 300 g/mol. The van der Waals surface area contributed by atoms with Crippen LogP contribution in [0.25, 0.3) is 0 Å². The Morgan fingerprint density at radius 2 is 2.19 bits per heavy atom. The monoisotopic (exact) mass is 300 g/mol. The highest BCUT2D eigenvalue weighted by atomic mass is 19.4. The maximum Gasteiger partial charge on any atom is 0.417 e. The molecule has 2 heterocycles. The summed E-state index contributed by atoms with van der Waals surface area (Å²) in [6.45, 7) is 1.57. The molecular weight excluding hydrogens is 289 g/mol. The van der Waals surface area contributed by atoms with E-state index < -0.39 is 28.9 Å². The summed E-state index contributed by atoms with van der Waals surface area (Å²) in [6, 6.07) is 0.588. The van der Waals surface area contributed by atoms with Gasteiger partial charge in [0.1, 0.15) is 12.2 Å². The van der Waals surface area contributed by atoms with Gasteiger partial charge in [-0.05, 0) is 18.6 Å². The minimum Gasteiger partial charge on any atom is -0.327 e. The Labute approximate surface area is 116 Å². The van der Waals surface area contributed by atoms with Gasteiger partial charge in [0.15, 0.2) is 0 Å². The lowest BCUT2D eigenvalue weighted by atomic mass is 10.2. The first kappa shape index (κ1) is 14.8. The Morgan fingerprint density at radius 1 is 1.48 bits per heavy atom. The van der Waals surface area contributed by atoms with Crippen LogP contribution in [-0.4, -0.2) is 20.7 Å². The van der Waals surface area contributed by atoms with Gasteiger partial charge in [0, 0.05) is 12.4 Å². The van der Waals surface area contributed by atoms with Gasteiger partial charge in [0.25, 0.3) is 5.56 Å². The minimum atomic E-state index is -4.61. The van der Waals surface area contributed by atoms with E-state index in [1.807, 2.05) is 4.98 Å². The molecule has 21 heavy (non-hydrogen) atoms. The summed E-state index contributed by atoms with van der Waals surface area (Å²) in [6.07, 6.45) is -0.933. The molecule has 0 aliphatic carbocycles. The second-order valence-electron chi connectivity index (χ2n) is 4.39. The molecule has 0 saturated heterocycles. The van der Waals surface area contributed by atoms with Crippen molar-refractivity contribution in [2.45, 2.75) is 19.6 Å². The van der Waals surface area contributed by atoms with E-state index in [2.05, 4.69) is 10.4 Å². The third-order valence-corrected chi connectivity index (χ3v) is 2.57. The van der Waals surface area contributed by atoms with Crippen LogP contribution in [-0.2, 0) is 17.5 Å². The maximum absolute atomic E-state index is 12.5. The van der Waals surface area contributed by atoms with Gasteiger partial charge in [0.05, 0.1) is 11.8 Å². The summed E-state index contributed by atoms with van der Waals surface area (Å²) in [5.74, 6) is -0.650. The van der Waals surface area contributed by atoms with E-state index >= 15 is 0 Å². The predicted octanol–water partition coefficient (Wildman–Crippen LogP) is 1.54. The van der Waals surface area contributed by atoms with Gasteiger partial charge in [-0.2, -0.15) is 18.3 Å². The molecule has 2 aromatic rings. The number of nitrogens with one attached hydrogen (secondary N) is 2. The van der Waals surface area contributed by atoms with Crippen LogP contribution in [0.5, 0.6) is 0 Å². The summed E-state index contributed by atoms with van der Waals surface area (Å²) >= 11 is 0. The van der Waals surface area contributed by atoms with E-state index in [-0.39, 0.29) is 6.54 Å². The number of aryl methyl sites for hydroxylation is 1. The van der Waals surface area contributed by atoms with Gasteiger partial charge in [-0.25, -0.2) is 0 Å². The average Bonchev–Trinajstić information content (AvgIpc) is 2.76. The molecule has 0 bridgehead atoms. The van der Waals surface area contributed by atoms with Gasteiger partial charge < -0.3 is 10.3 Å². The third-order valence-electron chi connectivity index (χ3n) is 2.57. The number of H-pyrrole nitrogens is 1. The Balaban J connectivity index is 2.15. The SMILES string of the molecule is Cc1cnn(CC(=O)Nc2cc(C(F)(F)F)c[nH]c2=O)c1. The van der Waals surface area contributed by atoms with Crippen molar-refractivity contribution < 1.29 is 18.0 Å². The number of aromatic nitrogens is 3. The Kier molecular flexibility index (Phi) is 3.83. The molecule has 2 rings (SSSR count). The van der Waals surface area contributed by atoms with Crippen molar-refractivity contribution in [1.29, 1.82) is 0 Å². The number of carbonyl (C=O) groups is 1. The van der Waals surface area contributed by atoms with Crippen LogP contribution in [0.3, 0.4) is 0 Å². The molecule has 0 unspecified atom stereocenters. The molecule has 6 nitrogen and oxygen atoms in total. The van der Waals surface area contributed by atoms with Crippen molar-refractivity contribution in [2.75, 3.05) is 5.32 Å². The molecule has 2 aromatic heterocycles. The van der Waals surface area contributed by atoms with Crippen molar-refractivity contribution in [3.8, 4) is 0 Å². The zero-order chi connectivity index (χ0) is 15.6. The Bertz CT molecular complexity index is 718. The summed E-state index contributed by atoms with van der Waals surface area (Å²) in [5, 5.41) is 6.00. The van der Waals surface area contributed by atoms with Gasteiger partial charge in [-0.1, -0.05) is 0 Å². The van der Waals surface area contributed by atoms with E-state index in [0.717, 1.165) is 5.56 Å². The second kappa shape index (κ2) is 5.43. The molecule has 0 aliphatic heterocycles. The van der Waals surface area contributed by atoms with Crippen molar-refractivity contribution in [3.05, 3.63) is 46.1 Å². The first-order chi connectivity index (χ1) is 9.75. The lowest BCUT2D eigenvalue weighted by molar-refractivity contribution is -0.137. The van der Waals surface area contributed by atoms with E-state index in [0.29, 0.717) is 12.3 Å². The van der Waals surface area contributed by atoms with Crippen LogP contribution < -0.4 is 10.9 Å². The molecule has 0 saturated carbocycles. The number of rotatable bonds is 3. The normalized spacial score (nSPS) is 11.4. The topological polar surface area (TPSA) is 79.8 Å². The predicted molar refractivity (Wildman–Crippen MR) is 67.7 cm³/mol. The molecule has 0 atom stereocenters. The zero-order valence-corrected chi connectivity index (χ0v) is 10.9. The number of carbonyl (C=O) groups excluding carboxylic acids is 1. The van der Waals surface area contributed by atoms with E-state index in [9.17, 15) is 22.8 Å². The van der Waals surface area contributed by atoms with Crippen LogP contribution in [0.1, 0.15) is 11.1 Å². The molecule has 0 fully saturated rings. The first-order valence-electron chi connectivity index (χ1n) is 5.84. The minimum absolute atomic E-state index is 0.205. The first-order valence-corrected chi connectivity index (χ1v) is 5.84. The van der Waals surface area contributed by atoms with Gasteiger partial charge >= 0.3 is 6.18 Å². The van der Waals surface area contributed by atoms with Crippen molar-refractivity contribution >= 4 is 11.6 Å². The third kappa shape index (κ3) is 3.71. The summed E-state index contributed by atoms with van der Waals surface area (Å²) in [7, 11) is 0. The lowest BCUT2D eigenvalue weighted by Gasteiger charge is -2.09. The molecule has 1 amide bonds. The number of hydrogen-bond donors (Lipinski definition) is 2. The highest BCUT2D eigenvalue weighted by Gasteiger charge is 2.31. The van der Waals surface area contributed by atoms with Crippen LogP contribution in [0.4, 0.5) is 18.9 Å². The fourth-order valence-corrected chi connectivity index (χ4v) is 1.63. The van der Waals surface area contributed by atoms with Crippen LogP contribution in [0.2, 0.25) is 0 Å². The molecule has 0 aromatic carbocycles. The number of halogens is 3. The largest absolute Gasteiger partial charge is 0.417 e. The van der Waals surface area contributed by atoms with Gasteiger partial charge in [-0.15, -0.1) is 0 Å². The fraction of sp³-hybridized carbons (Fsp3) is 0.250. The van der Waals surface area contributed by atoms with Gasteiger partial charge in [-0.3, -0.25) is 14.3 Å². The van der Waals surface area contributed by atoms with Crippen molar-refractivity contribution in [2.24, 2.45) is 0 Å².